The van der Waals surface area contributed by atoms with Gasteiger partial charge in [-0.05, 0) is 24.3 Å². The molecular formula is C9H5FN2O. The summed E-state index contributed by atoms with van der Waals surface area (Å²) < 4.78 is 12.2. The molecule has 2 rings (SSSR count). The third-order valence-electron chi connectivity index (χ3n) is 1.67. The lowest BCUT2D eigenvalue weighted by Gasteiger charge is -1.95. The van der Waals surface area contributed by atoms with E-state index in [1.807, 2.05) is 0 Å². The molecule has 0 aliphatic rings. The Bertz CT molecular complexity index is 470. The van der Waals surface area contributed by atoms with Gasteiger partial charge in [0.15, 0.2) is 5.65 Å². The molecule has 2 heterocycles. The number of carbonyl (C=O) groups is 1. The van der Waals surface area contributed by atoms with Crippen LogP contribution in [-0.4, -0.2) is 16.0 Å². The van der Waals surface area contributed by atoms with E-state index < -0.39 is 6.04 Å². The summed E-state index contributed by atoms with van der Waals surface area (Å²) in [5.74, 6) is 0. The highest BCUT2D eigenvalue weighted by atomic mass is 19.1. The van der Waals surface area contributed by atoms with Gasteiger partial charge in [-0.15, -0.1) is 0 Å². The van der Waals surface area contributed by atoms with Crippen molar-refractivity contribution in [2.45, 2.75) is 0 Å². The van der Waals surface area contributed by atoms with Crippen LogP contribution in [0.1, 0.15) is 10.5 Å². The second-order valence-corrected chi connectivity index (χ2v) is 2.52. The third kappa shape index (κ3) is 1.38. The number of nitrogens with zero attached hydrogens (tertiary/aromatic N) is 2. The van der Waals surface area contributed by atoms with E-state index >= 15 is 0 Å². The molecule has 0 saturated heterocycles. The molecule has 2 aromatic heterocycles. The topological polar surface area (TPSA) is 42.9 Å². The average Bonchev–Trinajstić information content (AvgIpc) is 2.17. The largest absolute Gasteiger partial charge is 0.350 e. The van der Waals surface area contributed by atoms with Gasteiger partial charge in [-0.1, -0.05) is 0 Å². The van der Waals surface area contributed by atoms with Crippen LogP contribution in [0, 0.1) is 0 Å². The van der Waals surface area contributed by atoms with Crippen molar-refractivity contribution >= 4 is 17.1 Å². The number of hydrogen-bond acceptors (Lipinski definition) is 3. The van der Waals surface area contributed by atoms with Gasteiger partial charge in [0.25, 0.3) is 0 Å². The van der Waals surface area contributed by atoms with Crippen molar-refractivity contribution in [2.24, 2.45) is 0 Å². The second kappa shape index (κ2) is 2.90. The van der Waals surface area contributed by atoms with E-state index in [0.29, 0.717) is 5.65 Å². The van der Waals surface area contributed by atoms with E-state index in [9.17, 15) is 9.18 Å². The number of pyridine rings is 2. The van der Waals surface area contributed by atoms with Gasteiger partial charge in [-0.2, -0.15) is 4.39 Å². The van der Waals surface area contributed by atoms with E-state index in [4.69, 9.17) is 0 Å². The highest BCUT2D eigenvalue weighted by Crippen LogP contribution is 2.09. The monoisotopic (exact) mass is 176 g/mol. The Hall–Kier alpha value is -1.84. The standard InChI is InChI=1S/C9H5FN2O/c10-8(13)7-4-3-6-2-1-5-11-9(6)12-7/h1-5H. The summed E-state index contributed by atoms with van der Waals surface area (Å²) in [5.41, 5.74) is 0.178. The van der Waals surface area contributed by atoms with Crippen molar-refractivity contribution < 1.29 is 9.18 Å². The van der Waals surface area contributed by atoms with Gasteiger partial charge < -0.3 is 0 Å². The Labute approximate surface area is 73.2 Å². The lowest BCUT2D eigenvalue weighted by Crippen LogP contribution is -1.95. The van der Waals surface area contributed by atoms with Crippen molar-refractivity contribution in [1.82, 2.24) is 9.97 Å². The molecule has 0 unspecified atom stereocenters. The smallest absolute Gasteiger partial charge is 0.254 e. The zero-order chi connectivity index (χ0) is 9.26. The van der Waals surface area contributed by atoms with E-state index in [-0.39, 0.29) is 5.69 Å². The van der Waals surface area contributed by atoms with Crippen LogP contribution in [0.3, 0.4) is 0 Å². The number of fused-ring (bicyclic) bond motifs is 1. The van der Waals surface area contributed by atoms with Crippen LogP contribution in [0.2, 0.25) is 0 Å². The van der Waals surface area contributed by atoms with Crippen molar-refractivity contribution in [3.05, 3.63) is 36.2 Å². The van der Waals surface area contributed by atoms with Gasteiger partial charge in [-0.3, -0.25) is 4.79 Å². The van der Waals surface area contributed by atoms with E-state index in [2.05, 4.69) is 9.97 Å². The van der Waals surface area contributed by atoms with Gasteiger partial charge in [0, 0.05) is 11.6 Å². The predicted octanol–water partition coefficient (Wildman–Crippen LogP) is 1.74. The second-order valence-electron chi connectivity index (χ2n) is 2.52. The van der Waals surface area contributed by atoms with Gasteiger partial charge >= 0.3 is 6.04 Å². The summed E-state index contributed by atoms with van der Waals surface area (Å²) in [6, 6.07) is 4.96. The first-order valence-electron chi connectivity index (χ1n) is 3.69. The first kappa shape index (κ1) is 7.79. The summed E-state index contributed by atoms with van der Waals surface area (Å²) in [5, 5.41) is 0.785. The Balaban J connectivity index is 2.69. The first-order valence-corrected chi connectivity index (χ1v) is 3.69. The molecule has 0 bridgehead atoms. The Morgan fingerprint density at radius 3 is 2.92 bits per heavy atom. The molecule has 4 heteroatoms. The number of rotatable bonds is 1. The third-order valence-corrected chi connectivity index (χ3v) is 1.67. The number of halogens is 1. The van der Waals surface area contributed by atoms with Gasteiger partial charge in [0.05, 0.1) is 0 Å². The van der Waals surface area contributed by atoms with Crippen LogP contribution in [0.25, 0.3) is 11.0 Å². The fourth-order valence-corrected chi connectivity index (χ4v) is 1.06. The van der Waals surface area contributed by atoms with E-state index in [0.717, 1.165) is 5.39 Å². The Kier molecular flexibility index (Phi) is 1.73. The normalized spacial score (nSPS) is 10.2. The number of carbonyl (C=O) groups excluding carboxylic acids is 1. The highest BCUT2D eigenvalue weighted by molar-refractivity contribution is 5.89. The first-order chi connectivity index (χ1) is 6.27. The quantitative estimate of drug-likeness (QED) is 0.621. The van der Waals surface area contributed by atoms with Gasteiger partial charge in [-0.25, -0.2) is 9.97 Å². The minimum atomic E-state index is -1.53. The van der Waals surface area contributed by atoms with Gasteiger partial charge in [0.1, 0.15) is 5.69 Å². The fraction of sp³-hybridized carbons (Fsp3) is 0. The molecule has 0 N–H and O–H groups in total. The average molecular weight is 176 g/mol. The molecule has 0 fully saturated rings. The SMILES string of the molecule is O=C(F)c1ccc2cccnc2n1. The molecule has 64 valence electrons. The number of hydrogen-bond donors (Lipinski definition) is 0. The molecule has 0 saturated carbocycles. The summed E-state index contributed by atoms with van der Waals surface area (Å²) >= 11 is 0. The van der Waals surface area contributed by atoms with Crippen LogP contribution < -0.4 is 0 Å². The molecule has 13 heavy (non-hydrogen) atoms. The van der Waals surface area contributed by atoms with Crippen molar-refractivity contribution in [3.63, 3.8) is 0 Å². The van der Waals surface area contributed by atoms with Crippen molar-refractivity contribution in [2.75, 3.05) is 0 Å². The van der Waals surface area contributed by atoms with Crippen LogP contribution in [-0.2, 0) is 0 Å². The van der Waals surface area contributed by atoms with Crippen LogP contribution in [0.15, 0.2) is 30.5 Å². The zero-order valence-corrected chi connectivity index (χ0v) is 6.57. The molecular weight excluding hydrogens is 171 g/mol. The van der Waals surface area contributed by atoms with E-state index in [1.54, 1.807) is 24.4 Å². The highest BCUT2D eigenvalue weighted by Gasteiger charge is 2.05. The molecule has 0 aliphatic carbocycles. The summed E-state index contributed by atoms with van der Waals surface area (Å²) in [6.45, 7) is 0. The lowest BCUT2D eigenvalue weighted by molar-refractivity contribution is 0.0830. The molecule has 0 amide bonds. The maximum Gasteiger partial charge on any atom is 0.350 e. The molecule has 0 atom stereocenters. The summed E-state index contributed by atoms with van der Waals surface area (Å²) in [4.78, 5) is 18.0. The molecule has 0 radical (unpaired) electrons. The zero-order valence-electron chi connectivity index (χ0n) is 6.57. The number of aromatic nitrogens is 2. The minimum absolute atomic E-state index is 0.203. The maximum atomic E-state index is 12.2. The lowest BCUT2D eigenvalue weighted by atomic mass is 10.2. The summed E-state index contributed by atoms with van der Waals surface area (Å²) in [6.07, 6.45) is 1.54. The van der Waals surface area contributed by atoms with Crippen LogP contribution in [0.4, 0.5) is 4.39 Å². The molecule has 0 aliphatic heterocycles. The molecule has 0 spiro atoms. The minimum Gasteiger partial charge on any atom is -0.254 e. The Morgan fingerprint density at radius 1 is 1.31 bits per heavy atom. The molecule has 3 nitrogen and oxygen atoms in total. The van der Waals surface area contributed by atoms with Gasteiger partial charge in [0.2, 0.25) is 0 Å². The fourth-order valence-electron chi connectivity index (χ4n) is 1.06. The summed E-state index contributed by atoms with van der Waals surface area (Å²) in [7, 11) is 0. The van der Waals surface area contributed by atoms with Crippen LogP contribution in [0.5, 0.6) is 0 Å². The van der Waals surface area contributed by atoms with Crippen molar-refractivity contribution in [1.29, 1.82) is 0 Å². The van der Waals surface area contributed by atoms with E-state index in [1.165, 1.54) is 6.07 Å². The maximum absolute atomic E-state index is 12.2. The van der Waals surface area contributed by atoms with Crippen LogP contribution >= 0.6 is 0 Å². The predicted molar refractivity (Wildman–Crippen MR) is 45.0 cm³/mol. The van der Waals surface area contributed by atoms with Crippen molar-refractivity contribution in [3.8, 4) is 0 Å². The Morgan fingerprint density at radius 2 is 2.15 bits per heavy atom. The molecule has 2 aromatic rings. The molecule has 0 aromatic carbocycles.